The summed E-state index contributed by atoms with van der Waals surface area (Å²) in [6.45, 7) is 1.66. The highest BCUT2D eigenvalue weighted by molar-refractivity contribution is 6.33. The summed E-state index contributed by atoms with van der Waals surface area (Å²) in [6, 6.07) is 6.09. The second-order valence-corrected chi connectivity index (χ2v) is 6.81. The van der Waals surface area contributed by atoms with Gasteiger partial charge in [-0.25, -0.2) is 0 Å². The maximum Gasteiger partial charge on any atom is 0.416 e. The van der Waals surface area contributed by atoms with Crippen LogP contribution in [-0.4, -0.2) is 10.5 Å². The first-order valence-corrected chi connectivity index (χ1v) is 8.40. The van der Waals surface area contributed by atoms with E-state index in [0.29, 0.717) is 18.4 Å². The van der Waals surface area contributed by atoms with Gasteiger partial charge in [0.1, 0.15) is 5.54 Å². The first-order chi connectivity index (χ1) is 12.1. The average Bonchev–Trinajstić information content (AvgIpc) is 2.51. The Kier molecular flexibility index (Phi) is 4.60. The van der Waals surface area contributed by atoms with Crippen molar-refractivity contribution in [2.45, 2.75) is 37.9 Å². The van der Waals surface area contributed by atoms with Gasteiger partial charge >= 0.3 is 6.18 Å². The molecule has 0 aliphatic heterocycles. The fraction of sp³-hybridized carbons (Fsp3) is 0.333. The minimum absolute atomic E-state index is 0.0802. The predicted molar refractivity (Wildman–Crippen MR) is 92.3 cm³/mol. The third kappa shape index (κ3) is 3.11. The van der Waals surface area contributed by atoms with Crippen molar-refractivity contribution >= 4 is 23.2 Å². The standard InChI is InChI=1S/C18H16ClF3N2O2/c1-11-4-2-9-24(15(11)25)17(7-3-8-17)16(26)23-14-6-5-12(10-13(14)19)18(20,21)22/h2,4-6,9-10H,3,7-8H2,1H3,(H,23,26). The van der Waals surface area contributed by atoms with Gasteiger partial charge in [0, 0.05) is 11.8 Å². The normalized spacial score (nSPS) is 16.0. The molecule has 0 bridgehead atoms. The monoisotopic (exact) mass is 384 g/mol. The van der Waals surface area contributed by atoms with E-state index in [2.05, 4.69) is 5.32 Å². The number of hydrogen-bond acceptors (Lipinski definition) is 2. The zero-order valence-electron chi connectivity index (χ0n) is 13.9. The Morgan fingerprint density at radius 1 is 1.27 bits per heavy atom. The molecule has 1 aromatic carbocycles. The molecule has 1 aliphatic carbocycles. The lowest BCUT2D eigenvalue weighted by molar-refractivity contribution is -0.137. The number of anilines is 1. The van der Waals surface area contributed by atoms with Crippen molar-refractivity contribution in [3.05, 3.63) is 63.0 Å². The largest absolute Gasteiger partial charge is 0.416 e. The van der Waals surface area contributed by atoms with Crippen LogP contribution in [0.5, 0.6) is 0 Å². The van der Waals surface area contributed by atoms with E-state index in [1.165, 1.54) is 4.57 Å². The Hall–Kier alpha value is -2.28. The lowest BCUT2D eigenvalue weighted by Crippen LogP contribution is -2.54. The molecular formula is C18H16ClF3N2O2. The fourth-order valence-corrected chi connectivity index (χ4v) is 3.29. The molecule has 0 unspecified atom stereocenters. The van der Waals surface area contributed by atoms with Crippen LogP contribution in [0.2, 0.25) is 5.02 Å². The Morgan fingerprint density at radius 3 is 2.50 bits per heavy atom. The molecule has 0 radical (unpaired) electrons. The Labute approximate surface area is 152 Å². The molecular weight excluding hydrogens is 369 g/mol. The molecule has 1 aliphatic rings. The summed E-state index contributed by atoms with van der Waals surface area (Å²) < 4.78 is 39.6. The Morgan fingerprint density at radius 2 is 1.96 bits per heavy atom. The average molecular weight is 385 g/mol. The number of nitrogens with zero attached hydrogens (tertiary/aromatic N) is 1. The van der Waals surface area contributed by atoms with E-state index in [1.807, 2.05) is 0 Å². The van der Waals surface area contributed by atoms with Gasteiger partial charge in [-0.15, -0.1) is 0 Å². The van der Waals surface area contributed by atoms with E-state index in [1.54, 1.807) is 25.3 Å². The lowest BCUT2D eigenvalue weighted by atomic mass is 9.75. The SMILES string of the molecule is Cc1cccn(C2(C(=O)Nc3ccc(C(F)(F)F)cc3Cl)CCC2)c1=O. The van der Waals surface area contributed by atoms with Crippen LogP contribution >= 0.6 is 11.6 Å². The summed E-state index contributed by atoms with van der Waals surface area (Å²) in [6.07, 6.45) is -1.24. The second kappa shape index (κ2) is 6.46. The molecule has 26 heavy (non-hydrogen) atoms. The number of rotatable bonds is 3. The topological polar surface area (TPSA) is 51.1 Å². The van der Waals surface area contributed by atoms with Gasteiger partial charge in [-0.1, -0.05) is 17.7 Å². The van der Waals surface area contributed by atoms with Crippen LogP contribution in [-0.2, 0) is 16.5 Å². The molecule has 8 heteroatoms. The molecule has 2 aromatic rings. The Bertz CT molecular complexity index is 917. The van der Waals surface area contributed by atoms with Gasteiger partial charge in [0.05, 0.1) is 16.3 Å². The lowest BCUT2D eigenvalue weighted by Gasteiger charge is -2.41. The van der Waals surface area contributed by atoms with Crippen LogP contribution in [0, 0.1) is 6.92 Å². The highest BCUT2D eigenvalue weighted by Gasteiger charge is 2.46. The zero-order valence-corrected chi connectivity index (χ0v) is 14.6. The molecule has 0 saturated heterocycles. The van der Waals surface area contributed by atoms with Crippen LogP contribution in [0.25, 0.3) is 0 Å². The predicted octanol–water partition coefficient (Wildman–Crippen LogP) is 4.35. The minimum Gasteiger partial charge on any atom is -0.323 e. The number of carbonyl (C=O) groups excluding carboxylic acids is 1. The summed E-state index contributed by atoms with van der Waals surface area (Å²) in [5, 5.41) is 2.37. The number of amides is 1. The van der Waals surface area contributed by atoms with Crippen molar-refractivity contribution in [2.24, 2.45) is 0 Å². The van der Waals surface area contributed by atoms with E-state index >= 15 is 0 Å². The quantitative estimate of drug-likeness (QED) is 0.855. The molecule has 1 saturated carbocycles. The molecule has 138 valence electrons. The third-order valence-corrected chi connectivity index (χ3v) is 5.06. The summed E-state index contributed by atoms with van der Waals surface area (Å²) in [5.41, 5.74) is -1.61. The van der Waals surface area contributed by atoms with Crippen LogP contribution in [0.15, 0.2) is 41.3 Å². The van der Waals surface area contributed by atoms with E-state index in [0.717, 1.165) is 24.6 Å². The molecule has 1 heterocycles. The number of alkyl halides is 3. The molecule has 1 aromatic heterocycles. The van der Waals surface area contributed by atoms with Crippen molar-refractivity contribution in [1.29, 1.82) is 0 Å². The molecule has 1 N–H and O–H groups in total. The van der Waals surface area contributed by atoms with Gasteiger partial charge in [0.25, 0.3) is 11.5 Å². The summed E-state index contributed by atoms with van der Waals surface area (Å²) in [4.78, 5) is 25.3. The van der Waals surface area contributed by atoms with Crippen LogP contribution in [0.4, 0.5) is 18.9 Å². The van der Waals surface area contributed by atoms with Crippen LogP contribution < -0.4 is 10.9 Å². The zero-order chi connectivity index (χ0) is 19.1. The minimum atomic E-state index is -4.52. The number of nitrogens with one attached hydrogen (secondary N) is 1. The van der Waals surface area contributed by atoms with Crippen molar-refractivity contribution in [2.75, 3.05) is 5.32 Å². The van der Waals surface area contributed by atoms with Gasteiger partial charge in [0.2, 0.25) is 0 Å². The highest BCUT2D eigenvalue weighted by Crippen LogP contribution is 2.40. The van der Waals surface area contributed by atoms with E-state index in [4.69, 9.17) is 11.6 Å². The van der Waals surface area contributed by atoms with Crippen molar-refractivity contribution < 1.29 is 18.0 Å². The fourth-order valence-electron chi connectivity index (χ4n) is 3.06. The molecule has 1 fully saturated rings. The molecule has 3 rings (SSSR count). The molecule has 4 nitrogen and oxygen atoms in total. The van der Waals surface area contributed by atoms with Crippen molar-refractivity contribution in [1.82, 2.24) is 4.57 Å². The maximum absolute atomic E-state index is 12.9. The van der Waals surface area contributed by atoms with Gasteiger partial charge in [-0.05, 0) is 50.5 Å². The van der Waals surface area contributed by atoms with Crippen LogP contribution in [0.1, 0.15) is 30.4 Å². The van der Waals surface area contributed by atoms with Gasteiger partial charge in [-0.3, -0.25) is 9.59 Å². The first-order valence-electron chi connectivity index (χ1n) is 8.02. The Balaban J connectivity index is 1.92. The maximum atomic E-state index is 12.9. The van der Waals surface area contributed by atoms with E-state index < -0.39 is 23.2 Å². The summed E-state index contributed by atoms with van der Waals surface area (Å²) in [5.74, 6) is -0.460. The number of aromatic nitrogens is 1. The molecule has 0 atom stereocenters. The molecule has 0 spiro atoms. The third-order valence-electron chi connectivity index (χ3n) is 4.75. The number of pyridine rings is 1. The number of halogens is 4. The smallest absolute Gasteiger partial charge is 0.323 e. The second-order valence-electron chi connectivity index (χ2n) is 6.40. The number of carbonyl (C=O) groups is 1. The highest BCUT2D eigenvalue weighted by atomic mass is 35.5. The number of hydrogen-bond donors (Lipinski definition) is 1. The molecule has 1 amide bonds. The van der Waals surface area contributed by atoms with E-state index in [9.17, 15) is 22.8 Å². The van der Waals surface area contributed by atoms with Crippen molar-refractivity contribution in [3.8, 4) is 0 Å². The van der Waals surface area contributed by atoms with Crippen molar-refractivity contribution in [3.63, 3.8) is 0 Å². The summed E-state index contributed by atoms with van der Waals surface area (Å²) >= 11 is 5.91. The first kappa shape index (κ1) is 18.5. The number of benzene rings is 1. The van der Waals surface area contributed by atoms with Gasteiger partial charge < -0.3 is 9.88 Å². The van der Waals surface area contributed by atoms with Gasteiger partial charge in [0.15, 0.2) is 0 Å². The summed E-state index contributed by atoms with van der Waals surface area (Å²) in [7, 11) is 0. The van der Waals surface area contributed by atoms with Crippen LogP contribution in [0.3, 0.4) is 0 Å². The van der Waals surface area contributed by atoms with E-state index in [-0.39, 0.29) is 16.3 Å². The van der Waals surface area contributed by atoms with Gasteiger partial charge in [-0.2, -0.15) is 13.2 Å². The number of aryl methyl sites for hydroxylation is 1.